The van der Waals surface area contributed by atoms with Gasteiger partial charge in [0, 0.05) is 12.1 Å². The number of halogens is 1. The van der Waals surface area contributed by atoms with Crippen molar-refractivity contribution in [2.75, 3.05) is 0 Å². The van der Waals surface area contributed by atoms with Crippen LogP contribution in [-0.2, 0) is 4.79 Å². The Morgan fingerprint density at radius 1 is 1.35 bits per heavy atom. The van der Waals surface area contributed by atoms with Crippen LogP contribution in [0, 0.1) is 11.7 Å². The van der Waals surface area contributed by atoms with Crippen molar-refractivity contribution in [1.82, 2.24) is 5.32 Å². The minimum Gasteiger partial charge on any atom is -0.481 e. The number of nitrogens with one attached hydrogen (secondary N) is 1. The van der Waals surface area contributed by atoms with Gasteiger partial charge < -0.3 is 10.4 Å². The van der Waals surface area contributed by atoms with Crippen molar-refractivity contribution in [3.05, 3.63) is 35.6 Å². The molecule has 0 amide bonds. The highest BCUT2D eigenvalue weighted by atomic mass is 19.1. The molecule has 94 valence electrons. The normalized spacial score (nSPS) is 16.2. The molecular weight excluding hydrogens is 221 g/mol. The fourth-order valence-corrected chi connectivity index (χ4v) is 1.62. The summed E-state index contributed by atoms with van der Waals surface area (Å²) in [7, 11) is 0. The Bertz CT molecular complexity index is 395. The molecule has 2 N–H and O–H groups in total. The predicted molar refractivity (Wildman–Crippen MR) is 64.2 cm³/mol. The monoisotopic (exact) mass is 239 g/mol. The SMILES string of the molecule is CC(N[C@H](C)c1cccc(F)c1)C(C)C(=O)O. The molecule has 0 fully saturated rings. The van der Waals surface area contributed by atoms with Crippen LogP contribution in [0.4, 0.5) is 4.39 Å². The Morgan fingerprint density at radius 3 is 2.53 bits per heavy atom. The summed E-state index contributed by atoms with van der Waals surface area (Å²) in [6, 6.07) is 6.05. The summed E-state index contributed by atoms with van der Waals surface area (Å²) in [6.07, 6.45) is 0. The van der Waals surface area contributed by atoms with Gasteiger partial charge in [-0.15, -0.1) is 0 Å². The van der Waals surface area contributed by atoms with E-state index in [1.54, 1.807) is 13.0 Å². The number of benzene rings is 1. The molecule has 0 aliphatic carbocycles. The van der Waals surface area contributed by atoms with Crippen LogP contribution in [-0.4, -0.2) is 17.1 Å². The number of hydrogen-bond donors (Lipinski definition) is 2. The van der Waals surface area contributed by atoms with Gasteiger partial charge in [0.2, 0.25) is 0 Å². The number of carboxylic acid groups (broad SMARTS) is 1. The molecule has 0 spiro atoms. The number of rotatable bonds is 5. The predicted octanol–water partition coefficient (Wildman–Crippen LogP) is 2.59. The van der Waals surface area contributed by atoms with Crippen LogP contribution in [0.25, 0.3) is 0 Å². The maximum absolute atomic E-state index is 13.0. The molecule has 0 aromatic heterocycles. The van der Waals surface area contributed by atoms with Crippen LogP contribution in [0.3, 0.4) is 0 Å². The van der Waals surface area contributed by atoms with Gasteiger partial charge in [-0.2, -0.15) is 0 Å². The average Bonchev–Trinajstić information content (AvgIpc) is 2.27. The molecule has 3 atom stereocenters. The van der Waals surface area contributed by atoms with Crippen LogP contribution >= 0.6 is 0 Å². The second-order valence-corrected chi connectivity index (χ2v) is 4.36. The van der Waals surface area contributed by atoms with Gasteiger partial charge in [-0.25, -0.2) is 4.39 Å². The summed E-state index contributed by atoms with van der Waals surface area (Å²) in [4.78, 5) is 10.8. The van der Waals surface area contributed by atoms with E-state index in [4.69, 9.17) is 5.11 Å². The molecular formula is C13H18FNO2. The van der Waals surface area contributed by atoms with Crippen LogP contribution in [0.15, 0.2) is 24.3 Å². The summed E-state index contributed by atoms with van der Waals surface area (Å²) in [6.45, 7) is 5.35. The molecule has 0 radical (unpaired) electrons. The van der Waals surface area contributed by atoms with Crippen molar-refractivity contribution in [3.63, 3.8) is 0 Å². The Labute approximate surface area is 101 Å². The van der Waals surface area contributed by atoms with E-state index in [1.165, 1.54) is 12.1 Å². The van der Waals surface area contributed by atoms with Gasteiger partial charge in [0.1, 0.15) is 5.82 Å². The van der Waals surface area contributed by atoms with Crippen LogP contribution in [0.5, 0.6) is 0 Å². The van der Waals surface area contributed by atoms with Gasteiger partial charge in [0.05, 0.1) is 5.92 Å². The van der Waals surface area contributed by atoms with Crippen molar-refractivity contribution in [2.45, 2.75) is 32.9 Å². The largest absolute Gasteiger partial charge is 0.481 e. The molecule has 2 unspecified atom stereocenters. The highest BCUT2D eigenvalue weighted by Gasteiger charge is 2.21. The molecule has 0 aliphatic rings. The second kappa shape index (κ2) is 5.77. The third-order valence-electron chi connectivity index (χ3n) is 3.00. The second-order valence-electron chi connectivity index (χ2n) is 4.36. The molecule has 0 saturated heterocycles. The molecule has 0 saturated carbocycles. The van der Waals surface area contributed by atoms with E-state index >= 15 is 0 Å². The van der Waals surface area contributed by atoms with Gasteiger partial charge >= 0.3 is 5.97 Å². The lowest BCUT2D eigenvalue weighted by atomic mass is 10.0. The molecule has 3 nitrogen and oxygen atoms in total. The van der Waals surface area contributed by atoms with E-state index < -0.39 is 11.9 Å². The van der Waals surface area contributed by atoms with E-state index in [2.05, 4.69) is 5.32 Å². The van der Waals surface area contributed by atoms with Gasteiger partial charge in [-0.3, -0.25) is 4.79 Å². The molecule has 1 aromatic carbocycles. The third-order valence-corrected chi connectivity index (χ3v) is 3.00. The van der Waals surface area contributed by atoms with E-state index in [0.717, 1.165) is 5.56 Å². The van der Waals surface area contributed by atoms with E-state index in [-0.39, 0.29) is 17.9 Å². The minimum absolute atomic E-state index is 0.0810. The summed E-state index contributed by atoms with van der Waals surface area (Å²) in [5, 5.41) is 12.0. The summed E-state index contributed by atoms with van der Waals surface area (Å²) < 4.78 is 13.0. The number of carbonyl (C=O) groups is 1. The quantitative estimate of drug-likeness (QED) is 0.830. The number of hydrogen-bond acceptors (Lipinski definition) is 2. The summed E-state index contributed by atoms with van der Waals surface area (Å²) >= 11 is 0. The lowest BCUT2D eigenvalue weighted by molar-refractivity contribution is -0.142. The molecule has 0 aliphatic heterocycles. The maximum Gasteiger partial charge on any atom is 0.307 e. The molecule has 4 heteroatoms. The zero-order valence-electron chi connectivity index (χ0n) is 10.3. The molecule has 0 heterocycles. The molecule has 1 rings (SSSR count). The first-order valence-corrected chi connectivity index (χ1v) is 5.66. The Kier molecular flexibility index (Phi) is 4.63. The highest BCUT2D eigenvalue weighted by Crippen LogP contribution is 2.16. The van der Waals surface area contributed by atoms with Gasteiger partial charge in [-0.05, 0) is 31.5 Å². The molecule has 0 bridgehead atoms. The average molecular weight is 239 g/mol. The third kappa shape index (κ3) is 3.82. The first-order chi connectivity index (χ1) is 7.91. The van der Waals surface area contributed by atoms with Gasteiger partial charge in [0.15, 0.2) is 0 Å². The van der Waals surface area contributed by atoms with Crippen molar-refractivity contribution in [1.29, 1.82) is 0 Å². The number of carboxylic acids is 1. The lowest BCUT2D eigenvalue weighted by Gasteiger charge is -2.23. The van der Waals surface area contributed by atoms with E-state index in [9.17, 15) is 9.18 Å². The summed E-state index contributed by atoms with van der Waals surface area (Å²) in [5.74, 6) is -1.60. The van der Waals surface area contributed by atoms with Crippen molar-refractivity contribution in [2.24, 2.45) is 5.92 Å². The van der Waals surface area contributed by atoms with Crippen LogP contribution in [0.2, 0.25) is 0 Å². The van der Waals surface area contributed by atoms with Crippen molar-refractivity contribution >= 4 is 5.97 Å². The standard InChI is InChI=1S/C13H18FNO2/c1-8(13(16)17)9(2)15-10(3)11-5-4-6-12(14)7-11/h4-10,15H,1-3H3,(H,16,17)/t8?,9?,10-/m1/s1. The molecule has 1 aromatic rings. The topological polar surface area (TPSA) is 49.3 Å². The first-order valence-electron chi connectivity index (χ1n) is 5.66. The van der Waals surface area contributed by atoms with Crippen LogP contribution in [0.1, 0.15) is 32.4 Å². The summed E-state index contributed by atoms with van der Waals surface area (Å²) in [5.41, 5.74) is 0.814. The highest BCUT2D eigenvalue weighted by molar-refractivity contribution is 5.70. The fourth-order valence-electron chi connectivity index (χ4n) is 1.62. The molecule has 17 heavy (non-hydrogen) atoms. The van der Waals surface area contributed by atoms with Gasteiger partial charge in [-0.1, -0.05) is 19.1 Å². The van der Waals surface area contributed by atoms with Crippen molar-refractivity contribution in [3.8, 4) is 0 Å². The first kappa shape index (κ1) is 13.6. The van der Waals surface area contributed by atoms with E-state index in [1.807, 2.05) is 19.9 Å². The Hall–Kier alpha value is -1.42. The van der Waals surface area contributed by atoms with E-state index in [0.29, 0.717) is 0 Å². The van der Waals surface area contributed by atoms with Gasteiger partial charge in [0.25, 0.3) is 0 Å². The Morgan fingerprint density at radius 2 is 2.00 bits per heavy atom. The zero-order chi connectivity index (χ0) is 13.0. The number of aliphatic carboxylic acids is 1. The zero-order valence-corrected chi connectivity index (χ0v) is 10.3. The maximum atomic E-state index is 13.0. The fraction of sp³-hybridized carbons (Fsp3) is 0.462. The van der Waals surface area contributed by atoms with Crippen LogP contribution < -0.4 is 5.32 Å². The van der Waals surface area contributed by atoms with Crippen molar-refractivity contribution < 1.29 is 14.3 Å². The Balaban J connectivity index is 2.66. The smallest absolute Gasteiger partial charge is 0.307 e. The lowest BCUT2D eigenvalue weighted by Crippen LogP contribution is -2.37. The minimum atomic E-state index is -0.837.